The molecule has 4 aromatic rings. The lowest BCUT2D eigenvalue weighted by molar-refractivity contribution is -0.119. The number of hydrogen-bond donors (Lipinski definition) is 1. The number of fused-ring (bicyclic) bond motifs is 1. The van der Waals surface area contributed by atoms with Gasteiger partial charge < -0.3 is 5.32 Å². The first-order valence-corrected chi connectivity index (χ1v) is 13.7. The molecule has 0 bridgehead atoms. The van der Waals surface area contributed by atoms with Gasteiger partial charge in [-0.05, 0) is 66.0 Å². The third kappa shape index (κ3) is 5.10. The molecule has 1 aliphatic rings. The number of unbranched alkanes of at least 4 members (excludes halogenated alkanes) is 1. The average Bonchev–Trinajstić information content (AvgIpc) is 3.60. The van der Waals surface area contributed by atoms with Gasteiger partial charge in [0.1, 0.15) is 0 Å². The van der Waals surface area contributed by atoms with Crippen LogP contribution in [0.5, 0.6) is 0 Å². The summed E-state index contributed by atoms with van der Waals surface area (Å²) < 4.78 is 2.07. The van der Waals surface area contributed by atoms with Crippen LogP contribution in [0.4, 0.5) is 0 Å². The molecular formula is C27H28N4OS2. The van der Waals surface area contributed by atoms with Gasteiger partial charge in [-0.3, -0.25) is 9.36 Å². The van der Waals surface area contributed by atoms with Gasteiger partial charge in [0.2, 0.25) is 5.91 Å². The minimum atomic E-state index is 0.0324. The van der Waals surface area contributed by atoms with E-state index in [2.05, 4.69) is 81.6 Å². The molecule has 2 aromatic carbocycles. The van der Waals surface area contributed by atoms with E-state index in [4.69, 9.17) is 0 Å². The van der Waals surface area contributed by atoms with Crippen molar-refractivity contribution in [3.63, 3.8) is 0 Å². The maximum Gasteiger partial charge on any atom is 0.230 e. The summed E-state index contributed by atoms with van der Waals surface area (Å²) in [5, 5.41) is 14.9. The number of carbonyl (C=O) groups is 1. The van der Waals surface area contributed by atoms with Crippen LogP contribution in [0.25, 0.3) is 16.4 Å². The molecule has 7 heteroatoms. The predicted molar refractivity (Wildman–Crippen MR) is 140 cm³/mol. The fourth-order valence-corrected chi connectivity index (χ4v) is 5.88. The Morgan fingerprint density at radius 1 is 1.06 bits per heavy atom. The molecule has 2 aromatic heterocycles. The monoisotopic (exact) mass is 488 g/mol. The second kappa shape index (κ2) is 10.6. The van der Waals surface area contributed by atoms with Crippen LogP contribution in [0.2, 0.25) is 0 Å². The molecule has 0 radical (unpaired) electrons. The molecule has 5 nitrogen and oxygen atoms in total. The zero-order valence-corrected chi connectivity index (χ0v) is 20.9. The Kier molecular flexibility index (Phi) is 7.11. The Hall–Kier alpha value is -2.90. The van der Waals surface area contributed by atoms with Gasteiger partial charge in [-0.2, -0.15) is 0 Å². The summed E-state index contributed by atoms with van der Waals surface area (Å²) in [5.74, 6) is 1.15. The van der Waals surface area contributed by atoms with Crippen molar-refractivity contribution in [3.05, 3.63) is 82.7 Å². The lowest BCUT2D eigenvalue weighted by Gasteiger charge is -2.13. The lowest BCUT2D eigenvalue weighted by Crippen LogP contribution is -2.36. The summed E-state index contributed by atoms with van der Waals surface area (Å²) in [6.45, 7) is 2.21. The smallest absolute Gasteiger partial charge is 0.230 e. The first-order chi connectivity index (χ1) is 16.7. The molecule has 1 aliphatic carbocycles. The summed E-state index contributed by atoms with van der Waals surface area (Å²) in [5.41, 5.74) is 5.02. The number of carbonyl (C=O) groups excluding carboxylic acids is 1. The fourth-order valence-electron chi connectivity index (χ4n) is 4.41. The highest BCUT2D eigenvalue weighted by atomic mass is 32.2. The summed E-state index contributed by atoms with van der Waals surface area (Å²) in [7, 11) is 0. The minimum absolute atomic E-state index is 0.0324. The van der Waals surface area contributed by atoms with E-state index in [-0.39, 0.29) is 11.9 Å². The minimum Gasteiger partial charge on any atom is -0.352 e. The van der Waals surface area contributed by atoms with Crippen molar-refractivity contribution in [1.82, 2.24) is 20.1 Å². The van der Waals surface area contributed by atoms with E-state index in [9.17, 15) is 4.79 Å². The topological polar surface area (TPSA) is 59.8 Å². The quantitative estimate of drug-likeness (QED) is 0.306. The Bertz CT molecular complexity index is 1220. The molecule has 174 valence electrons. The second-order valence-corrected chi connectivity index (χ2v) is 10.5. The SMILES string of the molecule is CCCCc1ccc(-n2c(SCC(=O)NC3Cc4ccccc4C3)nnc2-c2cccs2)cc1. The number of aryl methyl sites for hydroxylation is 1. The molecule has 0 saturated heterocycles. The van der Waals surface area contributed by atoms with E-state index in [1.165, 1.54) is 41.3 Å². The van der Waals surface area contributed by atoms with Gasteiger partial charge in [0.05, 0.1) is 10.6 Å². The standard InChI is InChI=1S/C27H28N4OS2/c1-2-3-7-19-11-13-23(14-12-19)31-26(24-10-6-15-33-24)29-30-27(31)34-18-25(32)28-22-16-20-8-4-5-9-21(20)17-22/h4-6,8-15,22H,2-3,7,16-18H2,1H3,(H,28,32). The third-order valence-corrected chi connectivity index (χ3v) is 7.93. The third-order valence-electron chi connectivity index (χ3n) is 6.14. The molecule has 1 amide bonds. The number of benzene rings is 2. The molecule has 5 rings (SSSR count). The molecule has 34 heavy (non-hydrogen) atoms. The van der Waals surface area contributed by atoms with Gasteiger partial charge >= 0.3 is 0 Å². The number of nitrogens with one attached hydrogen (secondary N) is 1. The first kappa shape index (κ1) is 22.9. The van der Waals surface area contributed by atoms with Crippen LogP contribution in [0.15, 0.2) is 71.2 Å². The van der Waals surface area contributed by atoms with Crippen molar-refractivity contribution < 1.29 is 4.79 Å². The van der Waals surface area contributed by atoms with Gasteiger partial charge in [0.15, 0.2) is 11.0 Å². The van der Waals surface area contributed by atoms with Crippen LogP contribution in [-0.4, -0.2) is 32.5 Å². The number of amides is 1. The average molecular weight is 489 g/mol. The Balaban J connectivity index is 1.30. The molecule has 0 aliphatic heterocycles. The van der Waals surface area contributed by atoms with Crippen molar-refractivity contribution in [2.45, 2.75) is 50.2 Å². The molecule has 0 atom stereocenters. The zero-order chi connectivity index (χ0) is 23.3. The number of nitrogens with zero attached hydrogens (tertiary/aromatic N) is 3. The summed E-state index contributed by atoms with van der Waals surface area (Å²) >= 11 is 3.08. The highest BCUT2D eigenvalue weighted by Gasteiger charge is 2.23. The zero-order valence-electron chi connectivity index (χ0n) is 19.2. The molecule has 0 spiro atoms. The van der Waals surface area contributed by atoms with Crippen molar-refractivity contribution in [2.24, 2.45) is 0 Å². The van der Waals surface area contributed by atoms with Gasteiger partial charge in [0, 0.05) is 11.7 Å². The summed E-state index contributed by atoms with van der Waals surface area (Å²) in [4.78, 5) is 13.8. The number of aromatic nitrogens is 3. The van der Waals surface area contributed by atoms with E-state index in [1.807, 2.05) is 11.4 Å². The Morgan fingerprint density at radius 3 is 2.50 bits per heavy atom. The lowest BCUT2D eigenvalue weighted by atomic mass is 10.1. The van der Waals surface area contributed by atoms with Crippen molar-refractivity contribution in [3.8, 4) is 16.4 Å². The van der Waals surface area contributed by atoms with Crippen LogP contribution >= 0.6 is 23.1 Å². The highest BCUT2D eigenvalue weighted by molar-refractivity contribution is 7.99. The summed E-state index contributed by atoms with van der Waals surface area (Å²) in [6.07, 6.45) is 5.26. The van der Waals surface area contributed by atoms with Crippen LogP contribution in [0, 0.1) is 0 Å². The van der Waals surface area contributed by atoms with Crippen LogP contribution < -0.4 is 5.32 Å². The molecular weight excluding hydrogens is 460 g/mol. The molecule has 2 heterocycles. The number of thioether (sulfide) groups is 1. The van der Waals surface area contributed by atoms with E-state index < -0.39 is 0 Å². The van der Waals surface area contributed by atoms with Crippen molar-refractivity contribution >= 4 is 29.0 Å². The van der Waals surface area contributed by atoms with E-state index in [0.717, 1.165) is 40.8 Å². The van der Waals surface area contributed by atoms with Gasteiger partial charge in [-0.25, -0.2) is 0 Å². The second-order valence-electron chi connectivity index (χ2n) is 8.62. The Labute approximate surface area is 208 Å². The van der Waals surface area contributed by atoms with Crippen molar-refractivity contribution in [2.75, 3.05) is 5.75 Å². The fraction of sp³-hybridized carbons (Fsp3) is 0.296. The molecule has 0 unspecified atom stereocenters. The van der Waals surface area contributed by atoms with Crippen LogP contribution in [-0.2, 0) is 24.1 Å². The largest absolute Gasteiger partial charge is 0.352 e. The van der Waals surface area contributed by atoms with E-state index in [1.54, 1.807) is 11.3 Å². The number of thiophene rings is 1. The normalized spacial score (nSPS) is 13.2. The number of hydrogen-bond acceptors (Lipinski definition) is 5. The van der Waals surface area contributed by atoms with E-state index >= 15 is 0 Å². The van der Waals surface area contributed by atoms with E-state index in [0.29, 0.717) is 5.75 Å². The van der Waals surface area contributed by atoms with Gasteiger partial charge in [0.25, 0.3) is 0 Å². The van der Waals surface area contributed by atoms with Crippen molar-refractivity contribution in [1.29, 1.82) is 0 Å². The maximum absolute atomic E-state index is 12.8. The molecule has 1 N–H and O–H groups in total. The summed E-state index contributed by atoms with van der Waals surface area (Å²) in [6, 6.07) is 21.3. The Morgan fingerprint density at radius 2 is 1.82 bits per heavy atom. The first-order valence-electron chi connectivity index (χ1n) is 11.8. The molecule has 0 fully saturated rings. The van der Waals surface area contributed by atoms with Gasteiger partial charge in [-0.15, -0.1) is 21.5 Å². The van der Waals surface area contributed by atoms with Crippen LogP contribution in [0.1, 0.15) is 36.5 Å². The van der Waals surface area contributed by atoms with Crippen LogP contribution in [0.3, 0.4) is 0 Å². The molecule has 0 saturated carbocycles. The highest BCUT2D eigenvalue weighted by Crippen LogP contribution is 2.31. The van der Waals surface area contributed by atoms with Gasteiger partial charge in [-0.1, -0.05) is 67.6 Å². The maximum atomic E-state index is 12.8. The predicted octanol–water partition coefficient (Wildman–Crippen LogP) is 5.71. The number of rotatable bonds is 9.